The monoisotopic (exact) mass is 255 g/mol. The number of rotatable bonds is 6. The smallest absolute Gasteiger partial charge is 0.352 e. The summed E-state index contributed by atoms with van der Waals surface area (Å²) in [6.45, 7) is 4.37. The van der Waals surface area contributed by atoms with Crippen molar-refractivity contribution < 1.29 is 9.66 Å². The highest BCUT2D eigenvalue weighted by Crippen LogP contribution is 2.27. The maximum Gasteiger partial charge on any atom is 0.352 e. The van der Waals surface area contributed by atoms with Crippen LogP contribution in [0.2, 0.25) is 0 Å². The van der Waals surface area contributed by atoms with E-state index in [1.807, 2.05) is 13.8 Å². The molecular formula is C10H17N5O3. The third-order valence-corrected chi connectivity index (χ3v) is 2.51. The Hall–Kier alpha value is -1.96. The van der Waals surface area contributed by atoms with Gasteiger partial charge in [0.1, 0.15) is 6.33 Å². The van der Waals surface area contributed by atoms with Gasteiger partial charge in [0, 0.05) is 7.11 Å². The number of aromatic nitrogens is 2. The lowest BCUT2D eigenvalue weighted by Crippen LogP contribution is -2.31. The van der Waals surface area contributed by atoms with Crippen molar-refractivity contribution in [3.63, 3.8) is 0 Å². The number of anilines is 2. The molecule has 0 bridgehead atoms. The molecule has 1 rings (SSSR count). The van der Waals surface area contributed by atoms with Crippen LogP contribution >= 0.6 is 0 Å². The van der Waals surface area contributed by atoms with Crippen LogP contribution in [0.5, 0.6) is 0 Å². The van der Waals surface area contributed by atoms with Gasteiger partial charge >= 0.3 is 5.69 Å². The van der Waals surface area contributed by atoms with Crippen molar-refractivity contribution in [3.8, 4) is 0 Å². The van der Waals surface area contributed by atoms with Crippen LogP contribution < -0.4 is 11.1 Å². The van der Waals surface area contributed by atoms with Gasteiger partial charge in [-0.05, 0) is 5.92 Å². The van der Waals surface area contributed by atoms with Gasteiger partial charge in [0.05, 0.1) is 17.6 Å². The van der Waals surface area contributed by atoms with Crippen LogP contribution in [-0.4, -0.2) is 34.6 Å². The summed E-state index contributed by atoms with van der Waals surface area (Å²) in [5.41, 5.74) is 5.18. The molecule has 100 valence electrons. The summed E-state index contributed by atoms with van der Waals surface area (Å²) in [5.74, 6) is 0.182. The highest BCUT2D eigenvalue weighted by Gasteiger charge is 2.24. The molecule has 18 heavy (non-hydrogen) atoms. The quantitative estimate of drug-likeness (QED) is 0.576. The molecule has 3 N–H and O–H groups in total. The first-order valence-corrected chi connectivity index (χ1v) is 5.47. The van der Waals surface area contributed by atoms with Gasteiger partial charge in [0.25, 0.3) is 0 Å². The summed E-state index contributed by atoms with van der Waals surface area (Å²) >= 11 is 0. The number of hydrogen-bond donors (Lipinski definition) is 2. The highest BCUT2D eigenvalue weighted by molar-refractivity contribution is 5.67. The van der Waals surface area contributed by atoms with E-state index in [0.29, 0.717) is 6.61 Å². The maximum atomic E-state index is 10.9. The minimum absolute atomic E-state index is 0.0944. The average Bonchev–Trinajstić information content (AvgIpc) is 2.27. The second-order valence-electron chi connectivity index (χ2n) is 4.16. The average molecular weight is 255 g/mol. The number of nitrogen functional groups attached to an aromatic ring is 1. The lowest BCUT2D eigenvalue weighted by atomic mass is 10.1. The van der Waals surface area contributed by atoms with Crippen LogP contribution in [0, 0.1) is 16.0 Å². The molecule has 1 unspecified atom stereocenters. The fourth-order valence-corrected chi connectivity index (χ4v) is 1.43. The van der Waals surface area contributed by atoms with E-state index in [2.05, 4.69) is 15.3 Å². The Balaban J connectivity index is 3.02. The van der Waals surface area contributed by atoms with Crippen molar-refractivity contribution in [3.05, 3.63) is 16.4 Å². The van der Waals surface area contributed by atoms with Gasteiger partial charge in [0.15, 0.2) is 0 Å². The summed E-state index contributed by atoms with van der Waals surface area (Å²) in [6, 6.07) is -0.0944. The molecule has 1 aromatic heterocycles. The van der Waals surface area contributed by atoms with Gasteiger partial charge in [-0.2, -0.15) is 0 Å². The molecule has 0 aliphatic heterocycles. The Labute approximate surface area is 105 Å². The van der Waals surface area contributed by atoms with Crippen LogP contribution in [0.3, 0.4) is 0 Å². The normalized spacial score (nSPS) is 12.4. The molecule has 0 aliphatic rings. The molecule has 0 saturated carbocycles. The van der Waals surface area contributed by atoms with Crippen LogP contribution in [0.1, 0.15) is 13.8 Å². The first-order valence-electron chi connectivity index (χ1n) is 5.47. The standard InChI is InChI=1S/C10H17N5O3/c1-6(2)7(4-18-3)14-10-8(15(16)17)9(11)12-5-13-10/h5-7H,4H2,1-3H3,(H3,11,12,13,14). The zero-order valence-corrected chi connectivity index (χ0v) is 10.6. The summed E-state index contributed by atoms with van der Waals surface area (Å²) in [6.07, 6.45) is 1.19. The van der Waals surface area contributed by atoms with E-state index in [4.69, 9.17) is 10.5 Å². The molecule has 8 heteroatoms. The molecule has 1 atom stereocenters. The van der Waals surface area contributed by atoms with Crippen molar-refractivity contribution in [1.82, 2.24) is 9.97 Å². The number of methoxy groups -OCH3 is 1. The minimum atomic E-state index is -0.595. The van der Waals surface area contributed by atoms with Crippen LogP contribution in [0.4, 0.5) is 17.3 Å². The lowest BCUT2D eigenvalue weighted by molar-refractivity contribution is -0.383. The van der Waals surface area contributed by atoms with Gasteiger partial charge in [-0.15, -0.1) is 0 Å². The Morgan fingerprint density at radius 1 is 1.56 bits per heavy atom. The fourth-order valence-electron chi connectivity index (χ4n) is 1.43. The molecule has 0 fully saturated rings. The van der Waals surface area contributed by atoms with E-state index in [1.54, 1.807) is 7.11 Å². The number of ether oxygens (including phenoxy) is 1. The van der Waals surface area contributed by atoms with E-state index >= 15 is 0 Å². The van der Waals surface area contributed by atoms with Gasteiger partial charge in [-0.25, -0.2) is 9.97 Å². The fraction of sp³-hybridized carbons (Fsp3) is 0.600. The molecule has 8 nitrogen and oxygen atoms in total. The van der Waals surface area contributed by atoms with E-state index in [0.717, 1.165) is 0 Å². The molecular weight excluding hydrogens is 238 g/mol. The van der Waals surface area contributed by atoms with Gasteiger partial charge in [-0.3, -0.25) is 10.1 Å². The van der Waals surface area contributed by atoms with Gasteiger partial charge in [-0.1, -0.05) is 13.8 Å². The largest absolute Gasteiger partial charge is 0.383 e. The molecule has 0 spiro atoms. The van der Waals surface area contributed by atoms with Crippen molar-refractivity contribution >= 4 is 17.3 Å². The highest BCUT2D eigenvalue weighted by atomic mass is 16.6. The van der Waals surface area contributed by atoms with Crippen molar-refractivity contribution in [2.45, 2.75) is 19.9 Å². The first-order chi connectivity index (χ1) is 8.47. The van der Waals surface area contributed by atoms with E-state index < -0.39 is 4.92 Å². The summed E-state index contributed by atoms with van der Waals surface area (Å²) in [5, 5.41) is 13.9. The summed E-state index contributed by atoms with van der Waals surface area (Å²) < 4.78 is 5.06. The number of nitrogens with one attached hydrogen (secondary N) is 1. The molecule has 0 saturated heterocycles. The SMILES string of the molecule is COCC(Nc1ncnc(N)c1[N+](=O)[O-])C(C)C. The molecule has 1 heterocycles. The predicted octanol–water partition coefficient (Wildman–Crippen LogP) is 1.05. The zero-order valence-electron chi connectivity index (χ0n) is 10.6. The van der Waals surface area contributed by atoms with Crippen LogP contribution in [-0.2, 0) is 4.74 Å². The van der Waals surface area contributed by atoms with Crippen LogP contribution in [0.25, 0.3) is 0 Å². The van der Waals surface area contributed by atoms with E-state index in [9.17, 15) is 10.1 Å². The van der Waals surface area contributed by atoms with Gasteiger partial charge in [0.2, 0.25) is 11.6 Å². The minimum Gasteiger partial charge on any atom is -0.383 e. The van der Waals surface area contributed by atoms with Crippen molar-refractivity contribution in [2.75, 3.05) is 24.8 Å². The summed E-state index contributed by atoms with van der Waals surface area (Å²) in [7, 11) is 1.57. The predicted molar refractivity (Wildman–Crippen MR) is 67.2 cm³/mol. The third kappa shape index (κ3) is 3.27. The summed E-state index contributed by atoms with van der Waals surface area (Å²) in [4.78, 5) is 17.8. The molecule has 0 aliphatic carbocycles. The Bertz CT molecular complexity index is 424. The molecule has 0 amide bonds. The Kier molecular flexibility index (Phi) is 4.78. The molecule has 0 radical (unpaired) electrons. The van der Waals surface area contributed by atoms with Crippen molar-refractivity contribution in [1.29, 1.82) is 0 Å². The van der Waals surface area contributed by atoms with E-state index in [1.165, 1.54) is 6.33 Å². The lowest BCUT2D eigenvalue weighted by Gasteiger charge is -2.21. The topological polar surface area (TPSA) is 116 Å². The Morgan fingerprint density at radius 2 is 2.22 bits per heavy atom. The Morgan fingerprint density at radius 3 is 2.72 bits per heavy atom. The molecule has 0 aromatic carbocycles. The van der Waals surface area contributed by atoms with Crippen molar-refractivity contribution in [2.24, 2.45) is 5.92 Å². The maximum absolute atomic E-state index is 10.9. The van der Waals surface area contributed by atoms with Gasteiger partial charge < -0.3 is 15.8 Å². The molecule has 1 aromatic rings. The second kappa shape index (κ2) is 6.10. The third-order valence-electron chi connectivity index (χ3n) is 2.51. The van der Waals surface area contributed by atoms with Crippen LogP contribution in [0.15, 0.2) is 6.33 Å². The number of nitrogens with two attached hydrogens (primary N) is 1. The van der Waals surface area contributed by atoms with E-state index in [-0.39, 0.29) is 29.3 Å². The first kappa shape index (κ1) is 14.1. The second-order valence-corrected chi connectivity index (χ2v) is 4.16. The number of hydrogen-bond acceptors (Lipinski definition) is 7. The zero-order chi connectivity index (χ0) is 13.7. The number of nitro groups is 1. The number of nitrogens with zero attached hydrogens (tertiary/aromatic N) is 3.